The van der Waals surface area contributed by atoms with Gasteiger partial charge in [0.1, 0.15) is 0 Å². The van der Waals surface area contributed by atoms with Gasteiger partial charge in [0.05, 0.1) is 0 Å². The van der Waals surface area contributed by atoms with Crippen molar-refractivity contribution < 1.29 is 0 Å². The second kappa shape index (κ2) is 14.1. The summed E-state index contributed by atoms with van der Waals surface area (Å²) in [6.45, 7) is 12.6. The molecule has 0 heterocycles. The van der Waals surface area contributed by atoms with Crippen LogP contribution in [0.3, 0.4) is 0 Å². The average Bonchev–Trinajstić information content (AvgIpc) is 2.51. The topological polar surface area (TPSA) is 12.4 Å². The SMILES string of the molecule is CCC[CH2][Sn]([CH2]CCC)([CH2]CCC)[CH](C=NCC)CCC. The third kappa shape index (κ3) is 8.61. The van der Waals surface area contributed by atoms with Crippen LogP contribution in [0, 0.1) is 0 Å². The van der Waals surface area contributed by atoms with Gasteiger partial charge in [-0.2, -0.15) is 0 Å². The Morgan fingerprint density at radius 1 is 0.762 bits per heavy atom. The van der Waals surface area contributed by atoms with Crippen molar-refractivity contribution in [2.75, 3.05) is 6.54 Å². The standard InChI is InChI=1S/C7H14N.3C4H9.Sn/c1-3-5-6-7-8-4-2;3*1-3-4-2;/h6-7H,3-5H2,1-2H3;3*1,3-4H2,2H3;. The summed E-state index contributed by atoms with van der Waals surface area (Å²) in [4.78, 5) is 4.71. The first kappa shape index (κ1) is 21.5. The van der Waals surface area contributed by atoms with Crippen LogP contribution in [-0.4, -0.2) is 31.1 Å². The molecule has 0 aliphatic carbocycles. The van der Waals surface area contributed by atoms with Gasteiger partial charge in [-0.15, -0.1) is 0 Å². The van der Waals surface area contributed by atoms with E-state index >= 15 is 0 Å². The van der Waals surface area contributed by atoms with Gasteiger partial charge in [-0.3, -0.25) is 0 Å². The molecule has 0 aromatic heterocycles. The average molecular weight is 402 g/mol. The Morgan fingerprint density at radius 2 is 1.24 bits per heavy atom. The molecule has 0 spiro atoms. The van der Waals surface area contributed by atoms with Gasteiger partial charge in [0.25, 0.3) is 0 Å². The molecule has 2 heteroatoms. The van der Waals surface area contributed by atoms with E-state index in [2.05, 4.69) is 40.8 Å². The molecule has 0 N–H and O–H groups in total. The van der Waals surface area contributed by atoms with Crippen molar-refractivity contribution in [1.29, 1.82) is 0 Å². The molecule has 0 bridgehead atoms. The predicted molar refractivity (Wildman–Crippen MR) is 103 cm³/mol. The Labute approximate surface area is 139 Å². The van der Waals surface area contributed by atoms with E-state index in [0.717, 1.165) is 10.5 Å². The van der Waals surface area contributed by atoms with Crippen molar-refractivity contribution in [2.45, 2.75) is 103 Å². The molecule has 0 rings (SSSR count). The van der Waals surface area contributed by atoms with Crippen molar-refractivity contribution in [3.63, 3.8) is 0 Å². The molecule has 0 saturated heterocycles. The third-order valence-electron chi connectivity index (χ3n) is 4.94. The number of unbranched alkanes of at least 4 members (excludes halogenated alkanes) is 3. The minimum absolute atomic E-state index is 0.911. The predicted octanol–water partition coefficient (Wildman–Crippen LogP) is 7.10. The number of rotatable bonds is 14. The molecule has 0 aromatic carbocycles. The van der Waals surface area contributed by atoms with Gasteiger partial charge in [-0.05, 0) is 0 Å². The summed E-state index contributed by atoms with van der Waals surface area (Å²) in [6.07, 6.45) is 13.7. The molecule has 0 saturated carbocycles. The Bertz CT molecular complexity index is 228. The van der Waals surface area contributed by atoms with Crippen molar-refractivity contribution >= 4 is 24.6 Å². The fourth-order valence-electron chi connectivity index (χ4n) is 3.60. The zero-order chi connectivity index (χ0) is 16.0. The number of hydrogen-bond acceptors (Lipinski definition) is 1. The molecule has 1 atom stereocenters. The van der Waals surface area contributed by atoms with Crippen LogP contribution in [0.25, 0.3) is 0 Å². The fraction of sp³-hybridized carbons (Fsp3) is 0.947. The van der Waals surface area contributed by atoms with Crippen molar-refractivity contribution in [2.24, 2.45) is 4.99 Å². The summed E-state index contributed by atoms with van der Waals surface area (Å²) in [6, 6.07) is 0. The van der Waals surface area contributed by atoms with Gasteiger partial charge >= 0.3 is 139 Å². The molecule has 0 aromatic rings. The summed E-state index contributed by atoms with van der Waals surface area (Å²) in [7, 11) is 0. The van der Waals surface area contributed by atoms with Gasteiger partial charge < -0.3 is 0 Å². The maximum absolute atomic E-state index is 4.71. The van der Waals surface area contributed by atoms with Crippen molar-refractivity contribution in [1.82, 2.24) is 0 Å². The van der Waals surface area contributed by atoms with E-state index in [4.69, 9.17) is 4.99 Å². The van der Waals surface area contributed by atoms with Crippen LogP contribution in [0.4, 0.5) is 0 Å². The normalized spacial score (nSPS) is 14.0. The summed E-state index contributed by atoms with van der Waals surface area (Å²) >= 11 is -2.08. The van der Waals surface area contributed by atoms with Gasteiger partial charge in [0.2, 0.25) is 0 Å². The summed E-state index contributed by atoms with van der Waals surface area (Å²) in [5.41, 5.74) is 0. The van der Waals surface area contributed by atoms with Crippen LogP contribution in [0.1, 0.15) is 86.0 Å². The third-order valence-corrected chi connectivity index (χ3v) is 22.2. The second-order valence-corrected chi connectivity index (χ2v) is 20.9. The first-order valence-corrected chi connectivity index (χ1v) is 17.4. The quantitative estimate of drug-likeness (QED) is 0.217. The summed E-state index contributed by atoms with van der Waals surface area (Å²) in [5, 5.41) is 0. The second-order valence-electron chi connectivity index (χ2n) is 6.72. The monoisotopic (exact) mass is 403 g/mol. The van der Waals surface area contributed by atoms with E-state index < -0.39 is 18.4 Å². The first-order valence-electron chi connectivity index (χ1n) is 9.70. The van der Waals surface area contributed by atoms with E-state index in [0.29, 0.717) is 0 Å². The number of aliphatic imine (C=N–C) groups is 1. The van der Waals surface area contributed by atoms with Crippen LogP contribution in [0.15, 0.2) is 4.99 Å². The zero-order valence-electron chi connectivity index (χ0n) is 15.6. The molecule has 21 heavy (non-hydrogen) atoms. The Morgan fingerprint density at radius 3 is 1.57 bits per heavy atom. The Hall–Kier alpha value is 0.469. The molecule has 0 amide bonds. The molecule has 0 radical (unpaired) electrons. The Balaban J connectivity index is 5.22. The van der Waals surface area contributed by atoms with E-state index in [9.17, 15) is 0 Å². The van der Waals surface area contributed by atoms with E-state index in [-0.39, 0.29) is 0 Å². The first-order chi connectivity index (χ1) is 10.2. The van der Waals surface area contributed by atoms with Crippen molar-refractivity contribution in [3.8, 4) is 0 Å². The van der Waals surface area contributed by atoms with Crippen LogP contribution in [0.5, 0.6) is 0 Å². The van der Waals surface area contributed by atoms with E-state index in [1.165, 1.54) is 51.4 Å². The zero-order valence-corrected chi connectivity index (χ0v) is 18.4. The molecule has 126 valence electrons. The molecule has 0 aliphatic rings. The van der Waals surface area contributed by atoms with E-state index in [1.54, 1.807) is 13.3 Å². The molecular formula is C19H41NSn. The number of hydrogen-bond donors (Lipinski definition) is 0. The van der Waals surface area contributed by atoms with Crippen molar-refractivity contribution in [3.05, 3.63) is 0 Å². The molecule has 0 aliphatic heterocycles. The maximum atomic E-state index is 4.71. The van der Waals surface area contributed by atoms with Crippen LogP contribution in [-0.2, 0) is 0 Å². The fourth-order valence-corrected chi connectivity index (χ4v) is 21.7. The van der Waals surface area contributed by atoms with Gasteiger partial charge in [0.15, 0.2) is 0 Å². The van der Waals surface area contributed by atoms with Gasteiger partial charge in [-0.1, -0.05) is 0 Å². The minimum atomic E-state index is -2.08. The summed E-state index contributed by atoms with van der Waals surface area (Å²) < 4.78 is 5.76. The Kier molecular flexibility index (Phi) is 14.4. The van der Waals surface area contributed by atoms with Crippen LogP contribution in [0.2, 0.25) is 17.2 Å². The van der Waals surface area contributed by atoms with E-state index in [1.807, 2.05) is 0 Å². The molecule has 0 fully saturated rings. The molecular weight excluding hydrogens is 361 g/mol. The van der Waals surface area contributed by atoms with Crippen LogP contribution >= 0.6 is 0 Å². The van der Waals surface area contributed by atoms with Crippen LogP contribution < -0.4 is 0 Å². The van der Waals surface area contributed by atoms with Gasteiger partial charge in [-0.25, -0.2) is 0 Å². The number of nitrogens with zero attached hydrogens (tertiary/aromatic N) is 1. The molecule has 1 nitrogen and oxygen atoms in total. The van der Waals surface area contributed by atoms with Gasteiger partial charge in [0, 0.05) is 0 Å². The summed E-state index contributed by atoms with van der Waals surface area (Å²) in [5.74, 6) is 0. The molecule has 1 unspecified atom stereocenters.